The Morgan fingerprint density at radius 3 is 2.61 bits per heavy atom. The van der Waals surface area contributed by atoms with Gasteiger partial charge in [-0.15, -0.1) is 0 Å². The first-order chi connectivity index (χ1) is 14.7. The monoisotopic (exact) mass is 419 g/mol. The summed E-state index contributed by atoms with van der Waals surface area (Å²) in [6.07, 6.45) is 6.32. The summed E-state index contributed by atoms with van der Waals surface area (Å²) in [5.74, 6) is -0.637. The molecular formula is C23H22FN5O2. The van der Waals surface area contributed by atoms with Crippen LogP contribution in [0.5, 0.6) is 0 Å². The van der Waals surface area contributed by atoms with Crippen LogP contribution in [0, 0.1) is 5.82 Å². The first kappa shape index (κ1) is 20.6. The van der Waals surface area contributed by atoms with Crippen LogP contribution in [0.2, 0.25) is 0 Å². The standard InChI is InChI=1S/C23H22FN5O2/c1-14(15-8-9-26-21(10-15)23(2,3)31)28-22(30)19-11-25-13-20-18(19)12-27-29(20)17-6-4-16(24)5-7-17/h4-14,31H,1-3H3,(H,28,30)/t14-/m0/s1. The number of fused-ring (bicyclic) bond motifs is 1. The third-order valence-electron chi connectivity index (χ3n) is 5.07. The number of rotatable bonds is 5. The van der Waals surface area contributed by atoms with Gasteiger partial charge in [0.25, 0.3) is 5.91 Å². The van der Waals surface area contributed by atoms with Crippen LogP contribution >= 0.6 is 0 Å². The van der Waals surface area contributed by atoms with E-state index in [1.54, 1.807) is 61.4 Å². The quantitative estimate of drug-likeness (QED) is 0.515. The molecule has 4 aromatic rings. The van der Waals surface area contributed by atoms with Gasteiger partial charge < -0.3 is 10.4 Å². The molecule has 0 aliphatic carbocycles. The molecule has 1 amide bonds. The maximum absolute atomic E-state index is 13.3. The van der Waals surface area contributed by atoms with E-state index in [2.05, 4.69) is 20.4 Å². The normalized spacial score (nSPS) is 12.7. The van der Waals surface area contributed by atoms with Crippen molar-refractivity contribution < 1.29 is 14.3 Å². The van der Waals surface area contributed by atoms with Crippen molar-refractivity contribution in [3.05, 3.63) is 83.8 Å². The maximum atomic E-state index is 13.3. The fraction of sp³-hybridized carbons (Fsp3) is 0.217. The second-order valence-corrected chi connectivity index (χ2v) is 7.88. The van der Waals surface area contributed by atoms with Crippen LogP contribution in [-0.2, 0) is 5.60 Å². The summed E-state index contributed by atoms with van der Waals surface area (Å²) >= 11 is 0. The average molecular weight is 419 g/mol. The van der Waals surface area contributed by atoms with Gasteiger partial charge in [0.1, 0.15) is 11.4 Å². The van der Waals surface area contributed by atoms with Crippen LogP contribution in [0.25, 0.3) is 16.6 Å². The van der Waals surface area contributed by atoms with Crippen molar-refractivity contribution in [1.29, 1.82) is 0 Å². The Hall–Kier alpha value is -3.65. The zero-order valence-corrected chi connectivity index (χ0v) is 17.4. The van der Waals surface area contributed by atoms with E-state index in [0.29, 0.717) is 27.8 Å². The molecule has 4 rings (SSSR count). The third kappa shape index (κ3) is 4.15. The summed E-state index contributed by atoms with van der Waals surface area (Å²) in [7, 11) is 0. The van der Waals surface area contributed by atoms with Crippen molar-refractivity contribution in [2.45, 2.75) is 32.4 Å². The van der Waals surface area contributed by atoms with Gasteiger partial charge in [-0.3, -0.25) is 14.8 Å². The van der Waals surface area contributed by atoms with Crippen molar-refractivity contribution in [3.63, 3.8) is 0 Å². The first-order valence-corrected chi connectivity index (χ1v) is 9.81. The number of aromatic nitrogens is 4. The van der Waals surface area contributed by atoms with E-state index in [4.69, 9.17) is 0 Å². The van der Waals surface area contributed by atoms with Crippen molar-refractivity contribution in [3.8, 4) is 5.69 Å². The fourth-order valence-electron chi connectivity index (χ4n) is 3.32. The van der Waals surface area contributed by atoms with Gasteiger partial charge in [0, 0.05) is 17.8 Å². The number of halogens is 1. The molecule has 0 spiro atoms. The molecule has 1 atom stereocenters. The Labute approximate surface area is 178 Å². The predicted octanol–water partition coefficient (Wildman–Crippen LogP) is 3.67. The molecule has 0 bridgehead atoms. The number of benzene rings is 1. The van der Waals surface area contributed by atoms with Gasteiger partial charge >= 0.3 is 0 Å². The Morgan fingerprint density at radius 1 is 1.16 bits per heavy atom. The van der Waals surface area contributed by atoms with Gasteiger partial charge in [0.2, 0.25) is 0 Å². The third-order valence-corrected chi connectivity index (χ3v) is 5.07. The zero-order valence-electron chi connectivity index (χ0n) is 17.4. The summed E-state index contributed by atoms with van der Waals surface area (Å²) in [4.78, 5) is 21.4. The van der Waals surface area contributed by atoms with Crippen LogP contribution < -0.4 is 5.32 Å². The molecule has 0 aliphatic rings. The van der Waals surface area contributed by atoms with E-state index in [-0.39, 0.29) is 17.8 Å². The smallest absolute Gasteiger partial charge is 0.254 e. The lowest BCUT2D eigenvalue weighted by molar-refractivity contribution is 0.0737. The fourth-order valence-corrected chi connectivity index (χ4v) is 3.32. The highest BCUT2D eigenvalue weighted by Crippen LogP contribution is 2.23. The summed E-state index contributed by atoms with van der Waals surface area (Å²) in [6, 6.07) is 9.18. The molecular weight excluding hydrogens is 397 g/mol. The van der Waals surface area contributed by atoms with Gasteiger partial charge in [-0.2, -0.15) is 5.10 Å². The van der Waals surface area contributed by atoms with Gasteiger partial charge in [-0.05, 0) is 62.7 Å². The molecule has 0 aliphatic heterocycles. The topological polar surface area (TPSA) is 92.9 Å². The van der Waals surface area contributed by atoms with E-state index in [9.17, 15) is 14.3 Å². The molecule has 0 fully saturated rings. The minimum atomic E-state index is -1.08. The summed E-state index contributed by atoms with van der Waals surface area (Å²) < 4.78 is 14.9. The van der Waals surface area contributed by atoms with Gasteiger partial charge in [-0.1, -0.05) is 0 Å². The highest BCUT2D eigenvalue weighted by molar-refractivity contribution is 6.06. The van der Waals surface area contributed by atoms with Gasteiger partial charge in [-0.25, -0.2) is 9.07 Å². The van der Waals surface area contributed by atoms with Gasteiger partial charge in [0.05, 0.1) is 40.9 Å². The molecule has 0 saturated carbocycles. The Morgan fingerprint density at radius 2 is 1.90 bits per heavy atom. The van der Waals surface area contributed by atoms with Crippen molar-refractivity contribution in [1.82, 2.24) is 25.1 Å². The van der Waals surface area contributed by atoms with Crippen molar-refractivity contribution >= 4 is 16.8 Å². The first-order valence-electron chi connectivity index (χ1n) is 9.81. The number of carbonyl (C=O) groups excluding carboxylic acids is 1. The van der Waals surface area contributed by atoms with E-state index in [1.807, 2.05) is 6.92 Å². The SMILES string of the molecule is C[C@H](NC(=O)c1cncc2c1cnn2-c1ccc(F)cc1)c1ccnc(C(C)(C)O)c1. The average Bonchev–Trinajstić information content (AvgIpc) is 3.18. The molecule has 0 saturated heterocycles. The molecule has 3 heterocycles. The van der Waals surface area contributed by atoms with Gasteiger partial charge in [0.15, 0.2) is 0 Å². The number of carbonyl (C=O) groups is 1. The summed E-state index contributed by atoms with van der Waals surface area (Å²) in [5, 5.41) is 18.1. The number of nitrogens with zero attached hydrogens (tertiary/aromatic N) is 4. The van der Waals surface area contributed by atoms with Crippen LogP contribution in [0.4, 0.5) is 4.39 Å². The molecule has 31 heavy (non-hydrogen) atoms. The number of nitrogens with one attached hydrogen (secondary N) is 1. The Bertz CT molecular complexity index is 1250. The van der Waals surface area contributed by atoms with Crippen LogP contribution in [-0.4, -0.2) is 30.8 Å². The molecule has 8 heteroatoms. The lowest BCUT2D eigenvalue weighted by Gasteiger charge is -2.20. The molecule has 3 aromatic heterocycles. The lowest BCUT2D eigenvalue weighted by atomic mass is 10.0. The predicted molar refractivity (Wildman–Crippen MR) is 114 cm³/mol. The van der Waals surface area contributed by atoms with E-state index in [1.165, 1.54) is 18.3 Å². The Kier molecular flexibility index (Phi) is 5.24. The number of hydrogen-bond acceptors (Lipinski definition) is 5. The number of pyridine rings is 2. The highest BCUT2D eigenvalue weighted by atomic mass is 19.1. The summed E-state index contributed by atoms with van der Waals surface area (Å²) in [6.45, 7) is 5.18. The van der Waals surface area contributed by atoms with Crippen molar-refractivity contribution in [2.24, 2.45) is 0 Å². The minimum absolute atomic E-state index is 0.300. The molecule has 7 nitrogen and oxygen atoms in total. The van der Waals surface area contributed by atoms with E-state index in [0.717, 1.165) is 5.56 Å². The van der Waals surface area contributed by atoms with E-state index >= 15 is 0 Å². The number of hydrogen-bond donors (Lipinski definition) is 2. The van der Waals surface area contributed by atoms with E-state index < -0.39 is 5.60 Å². The van der Waals surface area contributed by atoms with Crippen LogP contribution in [0.1, 0.15) is 48.4 Å². The second kappa shape index (κ2) is 7.88. The highest BCUT2D eigenvalue weighted by Gasteiger charge is 2.21. The second-order valence-electron chi connectivity index (χ2n) is 7.88. The zero-order chi connectivity index (χ0) is 22.2. The van der Waals surface area contributed by atoms with Crippen molar-refractivity contribution in [2.75, 3.05) is 0 Å². The minimum Gasteiger partial charge on any atom is -0.384 e. The maximum Gasteiger partial charge on any atom is 0.254 e. The Balaban J connectivity index is 1.62. The molecule has 0 unspecified atom stereocenters. The van der Waals surface area contributed by atoms with Crippen LogP contribution in [0.15, 0.2) is 61.2 Å². The molecule has 158 valence electrons. The number of aliphatic hydroxyl groups is 1. The largest absolute Gasteiger partial charge is 0.384 e. The summed E-state index contributed by atoms with van der Waals surface area (Å²) in [5.41, 5.74) is 1.96. The molecule has 0 radical (unpaired) electrons. The lowest BCUT2D eigenvalue weighted by Crippen LogP contribution is -2.27. The molecule has 2 N–H and O–H groups in total. The number of amides is 1. The molecule has 1 aromatic carbocycles. The van der Waals surface area contributed by atoms with Crippen LogP contribution in [0.3, 0.4) is 0 Å².